The van der Waals surface area contributed by atoms with Gasteiger partial charge in [0, 0.05) is 43.1 Å². The molecule has 0 spiro atoms. The number of benzene rings is 1. The number of piperazine rings is 1. The van der Waals surface area contributed by atoms with E-state index in [1.807, 2.05) is 18.7 Å². The van der Waals surface area contributed by atoms with Crippen LogP contribution in [0.2, 0.25) is 0 Å². The molecule has 0 aliphatic carbocycles. The third kappa shape index (κ3) is 2.88. The molecule has 26 heavy (non-hydrogen) atoms. The Hall–Kier alpha value is -2.67. The molecule has 0 bridgehead atoms. The molecule has 1 aliphatic rings. The fraction of sp³-hybridized carbons (Fsp3) is 0.368. The van der Waals surface area contributed by atoms with Gasteiger partial charge in [-0.15, -0.1) is 0 Å². The molecule has 2 unspecified atom stereocenters. The fourth-order valence-corrected chi connectivity index (χ4v) is 3.71. The van der Waals surface area contributed by atoms with Crippen molar-refractivity contribution in [2.45, 2.75) is 32.9 Å². The van der Waals surface area contributed by atoms with Gasteiger partial charge in [0.25, 0.3) is 0 Å². The Balaban J connectivity index is 2.31. The topological polar surface area (TPSA) is 74.6 Å². The Morgan fingerprint density at radius 2 is 2.00 bits per heavy atom. The monoisotopic (exact) mass is 359 g/mol. The summed E-state index contributed by atoms with van der Waals surface area (Å²) in [7, 11) is 0. The van der Waals surface area contributed by atoms with Crippen LogP contribution in [0.4, 0.5) is 10.1 Å². The number of carboxylic acid groups (broad SMARTS) is 1. The van der Waals surface area contributed by atoms with E-state index >= 15 is 4.39 Å². The minimum absolute atomic E-state index is 0.0716. The number of nitrogens with one attached hydrogen (secondary N) is 1. The number of hydrogen-bond donors (Lipinski definition) is 2. The summed E-state index contributed by atoms with van der Waals surface area (Å²) in [4.78, 5) is 25.9. The first-order chi connectivity index (χ1) is 12.2. The van der Waals surface area contributed by atoms with E-state index in [2.05, 4.69) is 11.9 Å². The second-order valence-electron chi connectivity index (χ2n) is 6.87. The highest BCUT2D eigenvalue weighted by Crippen LogP contribution is 2.30. The number of pyridine rings is 1. The summed E-state index contributed by atoms with van der Waals surface area (Å²) in [5.41, 5.74) is -0.0799. The third-order valence-electron chi connectivity index (χ3n) is 4.80. The predicted octanol–water partition coefficient (Wildman–Crippen LogP) is 2.43. The number of fused-ring (bicyclic) bond motifs is 1. The Labute approximate surface area is 150 Å². The number of carboxylic acids is 1. The number of aromatic nitrogens is 1. The maximum absolute atomic E-state index is 15.1. The number of halogens is 1. The minimum atomic E-state index is -1.35. The smallest absolute Gasteiger partial charge is 0.341 e. The Morgan fingerprint density at radius 1 is 1.38 bits per heavy atom. The van der Waals surface area contributed by atoms with Gasteiger partial charge in [-0.2, -0.15) is 0 Å². The average molecular weight is 359 g/mol. The molecule has 2 heterocycles. The largest absolute Gasteiger partial charge is 0.477 e. The Kier molecular flexibility index (Phi) is 4.58. The van der Waals surface area contributed by atoms with Crippen molar-refractivity contribution >= 4 is 28.8 Å². The van der Waals surface area contributed by atoms with Gasteiger partial charge in [-0.05, 0) is 26.8 Å². The standard InChI is InChI=1S/C19H22FN3O3/c1-5-22-9-13(19(25)26)18(24)16-12(4)17(20)15(6-14(16)22)23-7-10(2)21-11(3)8-23/h5-6,9-11,21H,1,7-8H2,2-4H3,(H,25,26). The predicted molar refractivity (Wildman–Crippen MR) is 101 cm³/mol. The lowest BCUT2D eigenvalue weighted by atomic mass is 10.0. The summed E-state index contributed by atoms with van der Waals surface area (Å²) < 4.78 is 16.6. The van der Waals surface area contributed by atoms with E-state index in [0.29, 0.717) is 24.3 Å². The van der Waals surface area contributed by atoms with Gasteiger partial charge in [-0.1, -0.05) is 6.58 Å². The van der Waals surface area contributed by atoms with Gasteiger partial charge in [0.05, 0.1) is 16.6 Å². The van der Waals surface area contributed by atoms with Crippen LogP contribution in [-0.4, -0.2) is 40.8 Å². The quantitative estimate of drug-likeness (QED) is 0.880. The van der Waals surface area contributed by atoms with Crippen LogP contribution in [0.15, 0.2) is 23.6 Å². The number of rotatable bonds is 3. The second-order valence-corrected chi connectivity index (χ2v) is 6.87. The SMILES string of the molecule is C=Cn1cc(C(=O)O)c(=O)c2c(C)c(F)c(N3CC(C)NC(C)C3)cc21. The van der Waals surface area contributed by atoms with Gasteiger partial charge < -0.3 is 19.9 Å². The van der Waals surface area contributed by atoms with Gasteiger partial charge >= 0.3 is 5.97 Å². The van der Waals surface area contributed by atoms with E-state index in [4.69, 9.17) is 0 Å². The molecule has 1 aromatic carbocycles. The average Bonchev–Trinajstić information content (AvgIpc) is 2.56. The van der Waals surface area contributed by atoms with Crippen molar-refractivity contribution in [3.05, 3.63) is 46.0 Å². The third-order valence-corrected chi connectivity index (χ3v) is 4.80. The molecule has 1 aromatic heterocycles. The van der Waals surface area contributed by atoms with Crippen molar-refractivity contribution in [2.75, 3.05) is 18.0 Å². The van der Waals surface area contributed by atoms with Crippen LogP contribution < -0.4 is 15.6 Å². The number of aryl methyl sites for hydroxylation is 1. The zero-order chi connectivity index (χ0) is 19.2. The highest BCUT2D eigenvalue weighted by Gasteiger charge is 2.26. The van der Waals surface area contributed by atoms with Gasteiger partial charge in [0.2, 0.25) is 5.43 Å². The van der Waals surface area contributed by atoms with E-state index in [1.165, 1.54) is 23.9 Å². The van der Waals surface area contributed by atoms with E-state index in [-0.39, 0.29) is 23.0 Å². The summed E-state index contributed by atoms with van der Waals surface area (Å²) >= 11 is 0. The number of aromatic carboxylic acids is 1. The summed E-state index contributed by atoms with van der Waals surface area (Å²) in [6, 6.07) is 2.01. The number of hydrogen-bond acceptors (Lipinski definition) is 4. The van der Waals surface area contributed by atoms with Gasteiger partial charge in [0.15, 0.2) is 0 Å². The molecule has 2 N–H and O–H groups in total. The van der Waals surface area contributed by atoms with Crippen molar-refractivity contribution in [3.63, 3.8) is 0 Å². The number of carbonyl (C=O) groups is 1. The van der Waals surface area contributed by atoms with Crippen molar-refractivity contribution in [2.24, 2.45) is 0 Å². The summed E-state index contributed by atoms with van der Waals surface area (Å²) in [6.07, 6.45) is 2.64. The normalized spacial score (nSPS) is 20.4. The zero-order valence-electron chi connectivity index (χ0n) is 15.0. The molecular weight excluding hydrogens is 337 g/mol. The van der Waals surface area contributed by atoms with Gasteiger partial charge in [-0.25, -0.2) is 9.18 Å². The highest BCUT2D eigenvalue weighted by molar-refractivity contribution is 5.95. The molecule has 1 fully saturated rings. The van der Waals surface area contributed by atoms with Crippen LogP contribution in [-0.2, 0) is 0 Å². The van der Waals surface area contributed by atoms with E-state index in [0.717, 1.165) is 0 Å². The molecule has 1 aliphatic heterocycles. The van der Waals surface area contributed by atoms with Crippen LogP contribution in [0.25, 0.3) is 17.1 Å². The molecule has 2 aromatic rings. The van der Waals surface area contributed by atoms with Crippen LogP contribution >= 0.6 is 0 Å². The molecule has 2 atom stereocenters. The molecule has 3 rings (SSSR count). The lowest BCUT2D eigenvalue weighted by molar-refractivity contribution is 0.0695. The molecule has 0 radical (unpaired) electrons. The lowest BCUT2D eigenvalue weighted by Crippen LogP contribution is -2.54. The van der Waals surface area contributed by atoms with Crippen LogP contribution in [0.3, 0.4) is 0 Å². The van der Waals surface area contributed by atoms with Crippen LogP contribution in [0.1, 0.15) is 29.8 Å². The highest BCUT2D eigenvalue weighted by atomic mass is 19.1. The maximum atomic E-state index is 15.1. The molecule has 6 nitrogen and oxygen atoms in total. The number of anilines is 1. The van der Waals surface area contributed by atoms with Crippen molar-refractivity contribution in [1.29, 1.82) is 0 Å². The molecule has 138 valence electrons. The molecule has 0 amide bonds. The molecule has 7 heteroatoms. The van der Waals surface area contributed by atoms with Gasteiger partial charge in [0.1, 0.15) is 11.4 Å². The summed E-state index contributed by atoms with van der Waals surface area (Å²) in [6.45, 7) is 10.5. The summed E-state index contributed by atoms with van der Waals surface area (Å²) in [5, 5.41) is 12.7. The van der Waals surface area contributed by atoms with Gasteiger partial charge in [-0.3, -0.25) is 4.79 Å². The first kappa shape index (κ1) is 18.1. The second kappa shape index (κ2) is 6.57. The van der Waals surface area contributed by atoms with Crippen molar-refractivity contribution in [3.8, 4) is 0 Å². The summed E-state index contributed by atoms with van der Waals surface area (Å²) in [5.74, 6) is -1.84. The van der Waals surface area contributed by atoms with Crippen molar-refractivity contribution in [1.82, 2.24) is 9.88 Å². The Morgan fingerprint density at radius 3 is 2.54 bits per heavy atom. The first-order valence-electron chi connectivity index (χ1n) is 8.49. The van der Waals surface area contributed by atoms with E-state index in [9.17, 15) is 14.7 Å². The lowest BCUT2D eigenvalue weighted by Gasteiger charge is -2.38. The molecule has 0 saturated carbocycles. The molecule has 1 saturated heterocycles. The number of nitrogens with zero attached hydrogens (tertiary/aromatic N) is 2. The zero-order valence-corrected chi connectivity index (χ0v) is 15.0. The first-order valence-corrected chi connectivity index (χ1v) is 8.49. The van der Waals surface area contributed by atoms with Crippen LogP contribution in [0, 0.1) is 12.7 Å². The minimum Gasteiger partial charge on any atom is -0.477 e. The maximum Gasteiger partial charge on any atom is 0.341 e. The molecular formula is C19H22FN3O3. The van der Waals surface area contributed by atoms with E-state index in [1.54, 1.807) is 6.07 Å². The Bertz CT molecular complexity index is 957. The van der Waals surface area contributed by atoms with Crippen molar-refractivity contribution < 1.29 is 14.3 Å². The fourth-order valence-electron chi connectivity index (χ4n) is 3.71. The van der Waals surface area contributed by atoms with E-state index < -0.39 is 22.8 Å². The van der Waals surface area contributed by atoms with Crippen LogP contribution in [0.5, 0.6) is 0 Å².